The van der Waals surface area contributed by atoms with Crippen molar-refractivity contribution in [2.75, 3.05) is 5.75 Å². The lowest BCUT2D eigenvalue weighted by Gasteiger charge is -2.14. The zero-order chi connectivity index (χ0) is 23.2. The number of H-pyrrole nitrogens is 1. The van der Waals surface area contributed by atoms with Crippen molar-refractivity contribution in [3.8, 4) is 5.69 Å². The Morgan fingerprint density at radius 2 is 1.91 bits per heavy atom. The lowest BCUT2D eigenvalue weighted by Crippen LogP contribution is -2.23. The molecule has 170 valence electrons. The Kier molecular flexibility index (Phi) is 5.34. The van der Waals surface area contributed by atoms with E-state index in [2.05, 4.69) is 4.98 Å². The highest BCUT2D eigenvalue weighted by atomic mass is 32.2. The molecule has 0 fully saturated rings. The van der Waals surface area contributed by atoms with Gasteiger partial charge in [0.25, 0.3) is 5.56 Å². The number of carbonyl (C=O) groups is 1. The Bertz CT molecular complexity index is 1630. The van der Waals surface area contributed by atoms with E-state index in [1.165, 1.54) is 27.3 Å². The zero-order valence-corrected chi connectivity index (χ0v) is 19.8. The van der Waals surface area contributed by atoms with E-state index in [0.717, 1.165) is 42.1 Å². The maximum Gasteiger partial charge on any atom is 0.267 e. The molecular weight excluding hydrogens is 469 g/mol. The van der Waals surface area contributed by atoms with Gasteiger partial charge in [-0.1, -0.05) is 42.1 Å². The fraction of sp³-hybridized carbons (Fsp3) is 0.192. The number of nitrogens with one attached hydrogen (secondary N) is 1. The van der Waals surface area contributed by atoms with Crippen LogP contribution in [0.2, 0.25) is 0 Å². The summed E-state index contributed by atoms with van der Waals surface area (Å²) in [4.78, 5) is 36.6. The van der Waals surface area contributed by atoms with Gasteiger partial charge < -0.3 is 4.98 Å². The molecule has 0 aliphatic heterocycles. The van der Waals surface area contributed by atoms with Gasteiger partial charge in [0, 0.05) is 27.5 Å². The number of Topliss-reactive ketones (excluding diaryl/α,β-unsaturated/α-hetero) is 1. The van der Waals surface area contributed by atoms with Crippen LogP contribution in [-0.2, 0) is 12.8 Å². The first kappa shape index (κ1) is 21.3. The first-order chi connectivity index (χ1) is 16.6. The van der Waals surface area contributed by atoms with Gasteiger partial charge in [0.2, 0.25) is 0 Å². The van der Waals surface area contributed by atoms with E-state index in [4.69, 9.17) is 4.98 Å². The molecule has 0 bridgehead atoms. The number of carbonyl (C=O) groups excluding carboxylic acids is 1. The minimum absolute atomic E-state index is 0.0812. The molecule has 0 saturated heterocycles. The molecule has 6 rings (SSSR count). The van der Waals surface area contributed by atoms with Crippen molar-refractivity contribution in [2.24, 2.45) is 0 Å². The van der Waals surface area contributed by atoms with E-state index in [1.807, 2.05) is 24.3 Å². The number of fused-ring (bicyclic) bond motifs is 4. The predicted molar refractivity (Wildman–Crippen MR) is 135 cm³/mol. The largest absolute Gasteiger partial charge is 0.360 e. The highest BCUT2D eigenvalue weighted by Crippen LogP contribution is 2.35. The van der Waals surface area contributed by atoms with E-state index in [-0.39, 0.29) is 22.8 Å². The average molecular weight is 490 g/mol. The molecule has 1 aliphatic rings. The first-order valence-electron chi connectivity index (χ1n) is 11.2. The lowest BCUT2D eigenvalue weighted by atomic mass is 9.97. The van der Waals surface area contributed by atoms with Gasteiger partial charge in [0.1, 0.15) is 10.6 Å². The van der Waals surface area contributed by atoms with E-state index < -0.39 is 5.82 Å². The summed E-state index contributed by atoms with van der Waals surface area (Å²) >= 11 is 2.72. The molecule has 0 amide bonds. The van der Waals surface area contributed by atoms with Gasteiger partial charge >= 0.3 is 0 Å². The molecule has 5 aromatic rings. The second-order valence-corrected chi connectivity index (χ2v) is 10.4. The van der Waals surface area contributed by atoms with Crippen molar-refractivity contribution in [1.29, 1.82) is 0 Å². The van der Waals surface area contributed by atoms with E-state index >= 15 is 0 Å². The second kappa shape index (κ2) is 8.52. The molecule has 0 saturated carbocycles. The number of thioether (sulfide) groups is 1. The van der Waals surface area contributed by atoms with Gasteiger partial charge in [-0.3, -0.25) is 14.2 Å². The Labute approximate surface area is 202 Å². The molecule has 8 heteroatoms. The van der Waals surface area contributed by atoms with Crippen LogP contribution in [0.5, 0.6) is 0 Å². The minimum atomic E-state index is -0.500. The van der Waals surface area contributed by atoms with E-state index in [0.29, 0.717) is 20.9 Å². The monoisotopic (exact) mass is 489 g/mol. The summed E-state index contributed by atoms with van der Waals surface area (Å²) in [6.45, 7) is 0. The summed E-state index contributed by atoms with van der Waals surface area (Å²) < 4.78 is 16.2. The third-order valence-electron chi connectivity index (χ3n) is 6.27. The van der Waals surface area contributed by atoms with Crippen LogP contribution in [0.25, 0.3) is 26.8 Å². The standard InChI is InChI=1S/C26H20FN3O2S2/c27-18-9-3-5-11-20(18)30-25(32)23-16-8-2-6-12-22(16)34-24(23)29-26(30)33-14-21(31)17-13-28-19-10-4-1-7-15(17)19/h1,3-5,7,9-11,13,28H,2,6,8,12,14H2. The molecule has 0 spiro atoms. The summed E-state index contributed by atoms with van der Waals surface area (Å²) in [5, 5.41) is 1.78. The van der Waals surface area contributed by atoms with Crippen molar-refractivity contribution in [1.82, 2.24) is 14.5 Å². The Morgan fingerprint density at radius 3 is 2.79 bits per heavy atom. The Morgan fingerprint density at radius 1 is 1.12 bits per heavy atom. The van der Waals surface area contributed by atoms with Crippen molar-refractivity contribution < 1.29 is 9.18 Å². The van der Waals surface area contributed by atoms with Crippen molar-refractivity contribution >= 4 is 50.0 Å². The third-order valence-corrected chi connectivity index (χ3v) is 8.40. The maximum atomic E-state index is 14.8. The smallest absolute Gasteiger partial charge is 0.267 e. The molecule has 0 atom stereocenters. The van der Waals surface area contributed by atoms with Crippen molar-refractivity contribution in [2.45, 2.75) is 30.8 Å². The number of benzene rings is 2. The number of ketones is 1. The third kappa shape index (κ3) is 3.49. The normalized spacial score (nSPS) is 13.4. The number of aromatic nitrogens is 3. The highest BCUT2D eigenvalue weighted by molar-refractivity contribution is 7.99. The highest BCUT2D eigenvalue weighted by Gasteiger charge is 2.24. The Hall–Kier alpha value is -3.23. The minimum Gasteiger partial charge on any atom is -0.360 e. The van der Waals surface area contributed by atoms with Gasteiger partial charge in [-0.2, -0.15) is 0 Å². The molecule has 5 nitrogen and oxygen atoms in total. The number of hydrogen-bond acceptors (Lipinski definition) is 5. The topological polar surface area (TPSA) is 67.8 Å². The number of hydrogen-bond donors (Lipinski definition) is 1. The van der Waals surface area contributed by atoms with Crippen LogP contribution in [0.4, 0.5) is 4.39 Å². The van der Waals surface area contributed by atoms with Crippen LogP contribution in [0.1, 0.15) is 33.6 Å². The molecule has 1 N–H and O–H groups in total. The summed E-state index contributed by atoms with van der Waals surface area (Å²) in [6.07, 6.45) is 5.63. The van der Waals surface area contributed by atoms with Gasteiger partial charge in [-0.25, -0.2) is 9.37 Å². The van der Waals surface area contributed by atoms with Gasteiger partial charge in [-0.15, -0.1) is 11.3 Å². The quantitative estimate of drug-likeness (QED) is 0.189. The van der Waals surface area contributed by atoms with Crippen LogP contribution in [0, 0.1) is 5.82 Å². The summed E-state index contributed by atoms with van der Waals surface area (Å²) in [5.41, 5.74) is 2.43. The number of para-hydroxylation sites is 2. The van der Waals surface area contributed by atoms with Crippen LogP contribution >= 0.6 is 23.1 Å². The van der Waals surface area contributed by atoms with Gasteiger partial charge in [0.05, 0.1) is 16.8 Å². The molecule has 3 heterocycles. The molecule has 0 radical (unpaired) electrons. The number of thiophene rings is 1. The van der Waals surface area contributed by atoms with Crippen LogP contribution in [-0.4, -0.2) is 26.1 Å². The summed E-state index contributed by atoms with van der Waals surface area (Å²) in [5.74, 6) is -0.499. The summed E-state index contributed by atoms with van der Waals surface area (Å²) in [6, 6.07) is 13.8. The maximum absolute atomic E-state index is 14.8. The lowest BCUT2D eigenvalue weighted by molar-refractivity contribution is 0.102. The zero-order valence-electron chi connectivity index (χ0n) is 18.1. The Balaban J connectivity index is 1.45. The van der Waals surface area contributed by atoms with Crippen molar-refractivity contribution in [3.05, 3.63) is 86.9 Å². The van der Waals surface area contributed by atoms with Crippen LogP contribution < -0.4 is 5.56 Å². The molecule has 34 heavy (non-hydrogen) atoms. The second-order valence-electron chi connectivity index (χ2n) is 8.34. The first-order valence-corrected chi connectivity index (χ1v) is 13.0. The van der Waals surface area contributed by atoms with Crippen LogP contribution in [0.15, 0.2) is 64.7 Å². The molecule has 3 aromatic heterocycles. The number of nitrogens with zero attached hydrogens (tertiary/aromatic N) is 2. The SMILES string of the molecule is O=C(CSc1nc2sc3c(c2c(=O)n1-c1ccccc1F)CCCC3)c1c[nH]c2ccccc12. The fourth-order valence-corrected chi connectivity index (χ4v) is 6.83. The van der Waals surface area contributed by atoms with E-state index in [1.54, 1.807) is 35.7 Å². The number of aromatic amines is 1. The van der Waals surface area contributed by atoms with Gasteiger partial charge in [-0.05, 0) is 49.4 Å². The van der Waals surface area contributed by atoms with Gasteiger partial charge in [0.15, 0.2) is 10.9 Å². The van der Waals surface area contributed by atoms with E-state index in [9.17, 15) is 14.0 Å². The summed E-state index contributed by atoms with van der Waals surface area (Å²) in [7, 11) is 0. The van der Waals surface area contributed by atoms with Crippen molar-refractivity contribution in [3.63, 3.8) is 0 Å². The average Bonchev–Trinajstić information content (AvgIpc) is 3.45. The van der Waals surface area contributed by atoms with Crippen LogP contribution in [0.3, 0.4) is 0 Å². The molecule has 2 aromatic carbocycles. The number of rotatable bonds is 5. The molecule has 0 unspecified atom stereocenters. The fourth-order valence-electron chi connectivity index (χ4n) is 4.64. The number of halogens is 1. The molecular formula is C26H20FN3O2S2. The predicted octanol–water partition coefficient (Wildman–Crippen LogP) is 5.92. The number of aryl methyl sites for hydroxylation is 2. The molecule has 1 aliphatic carbocycles.